The Kier molecular flexibility index (Phi) is 7.25. The number of ether oxygens (including phenoxy) is 1. The van der Waals surface area contributed by atoms with Crippen LogP contribution in [-0.4, -0.2) is 63.4 Å². The van der Waals surface area contributed by atoms with E-state index in [2.05, 4.69) is 25.3 Å². The van der Waals surface area contributed by atoms with Crippen LogP contribution in [0.1, 0.15) is 26.3 Å². The molecule has 1 aromatic carbocycles. The van der Waals surface area contributed by atoms with Crippen molar-refractivity contribution >= 4 is 17.5 Å². The number of carbonyl (C=O) groups excluding carboxylic acids is 1. The molecular formula is C24H28ClFN6O2. The number of benzene rings is 1. The molecule has 0 aliphatic carbocycles. The zero-order chi connectivity index (χ0) is 24.3. The van der Waals surface area contributed by atoms with Crippen LogP contribution in [-0.2, 0) is 21.6 Å². The highest BCUT2D eigenvalue weighted by Gasteiger charge is 2.28. The Morgan fingerprint density at radius 1 is 1.24 bits per heavy atom. The number of morpholine rings is 1. The lowest BCUT2D eigenvalue weighted by Gasteiger charge is -2.27. The van der Waals surface area contributed by atoms with E-state index in [4.69, 9.17) is 16.3 Å². The van der Waals surface area contributed by atoms with E-state index in [1.54, 1.807) is 10.7 Å². The highest BCUT2D eigenvalue weighted by molar-refractivity contribution is 6.31. The SMILES string of the molecule is CC(=O)NC(C)(C)n1nc(-c2ccc(CCN3CCOCC3)cn2)nc1-c1ccc(F)c(Cl)c1. The Labute approximate surface area is 203 Å². The average Bonchev–Trinajstić information content (AvgIpc) is 3.26. The molecule has 0 radical (unpaired) electrons. The summed E-state index contributed by atoms with van der Waals surface area (Å²) in [6.07, 6.45) is 2.73. The van der Waals surface area contributed by atoms with Crippen molar-refractivity contribution in [3.8, 4) is 22.9 Å². The lowest BCUT2D eigenvalue weighted by molar-refractivity contribution is -0.121. The van der Waals surface area contributed by atoms with Crippen LogP contribution in [0.5, 0.6) is 0 Å². The van der Waals surface area contributed by atoms with Crippen molar-refractivity contribution < 1.29 is 13.9 Å². The second-order valence-corrected chi connectivity index (χ2v) is 9.20. The molecule has 0 bridgehead atoms. The van der Waals surface area contributed by atoms with Crippen LogP contribution in [0, 0.1) is 5.82 Å². The van der Waals surface area contributed by atoms with Gasteiger partial charge in [-0.2, -0.15) is 0 Å². The maximum absolute atomic E-state index is 13.8. The Balaban J connectivity index is 1.62. The van der Waals surface area contributed by atoms with Crippen molar-refractivity contribution in [1.82, 2.24) is 30.0 Å². The number of amides is 1. The van der Waals surface area contributed by atoms with Gasteiger partial charge in [-0.15, -0.1) is 5.10 Å². The molecule has 10 heteroatoms. The first-order chi connectivity index (χ1) is 16.2. The molecule has 0 spiro atoms. The molecule has 1 amide bonds. The van der Waals surface area contributed by atoms with E-state index < -0.39 is 11.5 Å². The minimum absolute atomic E-state index is 0.0197. The number of carbonyl (C=O) groups is 1. The van der Waals surface area contributed by atoms with Crippen LogP contribution in [0.2, 0.25) is 5.02 Å². The lowest BCUT2D eigenvalue weighted by atomic mass is 10.1. The van der Waals surface area contributed by atoms with Crippen molar-refractivity contribution in [2.45, 2.75) is 32.9 Å². The normalized spacial score (nSPS) is 14.9. The van der Waals surface area contributed by atoms with Crippen LogP contribution in [0.25, 0.3) is 22.9 Å². The third-order valence-electron chi connectivity index (χ3n) is 5.67. The number of rotatable bonds is 7. The Morgan fingerprint density at radius 2 is 2.00 bits per heavy atom. The van der Waals surface area contributed by atoms with Crippen molar-refractivity contribution in [3.63, 3.8) is 0 Å². The first-order valence-corrected chi connectivity index (χ1v) is 11.6. The van der Waals surface area contributed by atoms with Crippen molar-refractivity contribution in [3.05, 3.63) is 52.9 Å². The molecule has 3 aromatic rings. The van der Waals surface area contributed by atoms with Crippen LogP contribution in [0.4, 0.5) is 4.39 Å². The van der Waals surface area contributed by atoms with Gasteiger partial charge in [-0.05, 0) is 50.1 Å². The van der Waals surface area contributed by atoms with Gasteiger partial charge in [-0.3, -0.25) is 14.7 Å². The van der Waals surface area contributed by atoms with E-state index in [1.165, 1.54) is 19.1 Å². The number of hydrogen-bond acceptors (Lipinski definition) is 6. The van der Waals surface area contributed by atoms with Gasteiger partial charge in [-0.25, -0.2) is 14.1 Å². The first kappa shape index (κ1) is 24.3. The summed E-state index contributed by atoms with van der Waals surface area (Å²) in [7, 11) is 0. The number of nitrogens with zero attached hydrogens (tertiary/aromatic N) is 5. The van der Waals surface area contributed by atoms with Gasteiger partial charge in [0.1, 0.15) is 17.2 Å². The van der Waals surface area contributed by atoms with Gasteiger partial charge < -0.3 is 10.1 Å². The van der Waals surface area contributed by atoms with E-state index in [1.807, 2.05) is 32.2 Å². The van der Waals surface area contributed by atoms with Gasteiger partial charge in [0.2, 0.25) is 5.91 Å². The predicted octanol–water partition coefficient (Wildman–Crippen LogP) is 3.50. The molecule has 1 aliphatic heterocycles. The molecule has 1 fully saturated rings. The monoisotopic (exact) mass is 486 g/mol. The van der Waals surface area contributed by atoms with Gasteiger partial charge in [0, 0.05) is 38.3 Å². The van der Waals surface area contributed by atoms with Crippen LogP contribution < -0.4 is 5.32 Å². The smallest absolute Gasteiger partial charge is 0.218 e. The summed E-state index contributed by atoms with van der Waals surface area (Å²) in [4.78, 5) is 23.4. The number of nitrogens with one attached hydrogen (secondary N) is 1. The van der Waals surface area contributed by atoms with Gasteiger partial charge >= 0.3 is 0 Å². The summed E-state index contributed by atoms with van der Waals surface area (Å²) in [6, 6.07) is 8.27. The first-order valence-electron chi connectivity index (χ1n) is 11.2. The minimum atomic E-state index is -0.897. The molecular weight excluding hydrogens is 459 g/mol. The third kappa shape index (κ3) is 5.60. The zero-order valence-electron chi connectivity index (χ0n) is 19.5. The van der Waals surface area contributed by atoms with Crippen molar-refractivity contribution in [1.29, 1.82) is 0 Å². The fourth-order valence-corrected chi connectivity index (χ4v) is 4.11. The van der Waals surface area contributed by atoms with Crippen LogP contribution in [0.3, 0.4) is 0 Å². The van der Waals surface area contributed by atoms with Crippen molar-refractivity contribution in [2.24, 2.45) is 0 Å². The highest BCUT2D eigenvalue weighted by Crippen LogP contribution is 2.29. The lowest BCUT2D eigenvalue weighted by Crippen LogP contribution is -2.45. The summed E-state index contributed by atoms with van der Waals surface area (Å²) in [6.45, 7) is 9.47. The highest BCUT2D eigenvalue weighted by atomic mass is 35.5. The largest absolute Gasteiger partial charge is 0.379 e. The second kappa shape index (κ2) is 10.2. The van der Waals surface area contributed by atoms with Crippen LogP contribution >= 0.6 is 11.6 Å². The van der Waals surface area contributed by atoms with Gasteiger partial charge in [0.25, 0.3) is 0 Å². The zero-order valence-corrected chi connectivity index (χ0v) is 20.3. The van der Waals surface area contributed by atoms with E-state index >= 15 is 0 Å². The fourth-order valence-electron chi connectivity index (χ4n) is 3.93. The summed E-state index contributed by atoms with van der Waals surface area (Å²) >= 11 is 6.02. The summed E-state index contributed by atoms with van der Waals surface area (Å²) in [5.74, 6) is 0.0995. The van der Waals surface area contributed by atoms with Crippen molar-refractivity contribution in [2.75, 3.05) is 32.8 Å². The molecule has 4 rings (SSSR count). The number of halogens is 2. The fraction of sp³-hybridized carbons (Fsp3) is 0.417. The quantitative estimate of drug-likeness (QED) is 0.550. The Morgan fingerprint density at radius 3 is 2.65 bits per heavy atom. The van der Waals surface area contributed by atoms with Gasteiger partial charge in [-0.1, -0.05) is 17.7 Å². The topological polar surface area (TPSA) is 85.2 Å². The molecule has 3 heterocycles. The summed E-state index contributed by atoms with van der Waals surface area (Å²) < 4.78 is 20.8. The van der Waals surface area contributed by atoms with E-state index in [0.717, 1.165) is 44.8 Å². The van der Waals surface area contributed by atoms with Gasteiger partial charge in [0.05, 0.1) is 18.2 Å². The Hall–Kier alpha value is -2.88. The van der Waals surface area contributed by atoms with Gasteiger partial charge in [0.15, 0.2) is 11.6 Å². The number of pyridine rings is 1. The molecule has 0 unspecified atom stereocenters. The van der Waals surface area contributed by atoms with E-state index in [0.29, 0.717) is 22.9 Å². The molecule has 1 saturated heterocycles. The molecule has 1 aliphatic rings. The summed E-state index contributed by atoms with van der Waals surface area (Å²) in [5, 5.41) is 7.51. The molecule has 180 valence electrons. The van der Waals surface area contributed by atoms with E-state index in [-0.39, 0.29) is 10.9 Å². The summed E-state index contributed by atoms with van der Waals surface area (Å²) in [5.41, 5.74) is 1.40. The standard InChI is InChI=1S/C24H28ClFN6O2/c1-16(33)29-24(2,3)32-23(18-5-6-20(26)19(25)14-18)28-22(30-32)21-7-4-17(15-27-21)8-9-31-10-12-34-13-11-31/h4-7,14-15H,8-13H2,1-3H3,(H,29,33). The molecule has 0 atom stereocenters. The maximum Gasteiger partial charge on any atom is 0.218 e. The predicted molar refractivity (Wildman–Crippen MR) is 128 cm³/mol. The van der Waals surface area contributed by atoms with Crippen LogP contribution in [0.15, 0.2) is 36.5 Å². The maximum atomic E-state index is 13.8. The minimum Gasteiger partial charge on any atom is -0.379 e. The molecule has 1 N–H and O–H groups in total. The molecule has 2 aromatic heterocycles. The third-order valence-corrected chi connectivity index (χ3v) is 5.96. The molecule has 0 saturated carbocycles. The molecule has 34 heavy (non-hydrogen) atoms. The molecule has 8 nitrogen and oxygen atoms in total. The number of hydrogen-bond donors (Lipinski definition) is 1. The van der Waals surface area contributed by atoms with E-state index in [9.17, 15) is 9.18 Å². The Bertz CT molecular complexity index is 1160. The average molecular weight is 487 g/mol. The number of aromatic nitrogens is 4. The second-order valence-electron chi connectivity index (χ2n) is 8.80.